The summed E-state index contributed by atoms with van der Waals surface area (Å²) in [6.45, 7) is 6.77. The van der Waals surface area contributed by atoms with Crippen LogP contribution in [0.4, 0.5) is 0 Å². The minimum absolute atomic E-state index is 0.363. The maximum Gasteiger partial charge on any atom is 0.401 e. The molecule has 0 saturated carbocycles. The first-order valence-corrected chi connectivity index (χ1v) is 5.63. The van der Waals surface area contributed by atoms with Crippen molar-refractivity contribution in [3.63, 3.8) is 0 Å². The van der Waals surface area contributed by atoms with Crippen LogP contribution in [0.3, 0.4) is 0 Å². The van der Waals surface area contributed by atoms with Gasteiger partial charge < -0.3 is 5.73 Å². The molecule has 0 aromatic rings. The second kappa shape index (κ2) is 6.25. The first-order chi connectivity index (χ1) is 7.74. The van der Waals surface area contributed by atoms with Crippen LogP contribution in [0.5, 0.6) is 0 Å². The fourth-order valence-electron chi connectivity index (χ4n) is 0.789. The van der Waals surface area contributed by atoms with Gasteiger partial charge in [-0.1, -0.05) is 13.2 Å². The van der Waals surface area contributed by atoms with E-state index in [9.17, 15) is 13.2 Å². The van der Waals surface area contributed by atoms with E-state index in [1.807, 2.05) is 0 Å². The molecule has 0 bridgehead atoms. The standard InChI is InChI=1S/C5H8N2O4S.C3H5NO/c1-2-5(6-3-4-7-5)11-12(8,9)10;1-2-3(4)5/h2-3,7H,1,4H2,(H,8,9,10);2H,1H2,(H2,4,5). The largest absolute Gasteiger partial charge is 0.401 e. The van der Waals surface area contributed by atoms with Gasteiger partial charge in [0.1, 0.15) is 0 Å². The lowest BCUT2D eigenvalue weighted by atomic mass is 10.4. The van der Waals surface area contributed by atoms with Crippen molar-refractivity contribution in [2.24, 2.45) is 10.7 Å². The zero-order valence-electron chi connectivity index (χ0n) is 8.87. The van der Waals surface area contributed by atoms with Crippen molar-refractivity contribution < 1.29 is 21.9 Å². The van der Waals surface area contributed by atoms with Crippen molar-refractivity contribution in [1.29, 1.82) is 0 Å². The van der Waals surface area contributed by atoms with Gasteiger partial charge >= 0.3 is 10.4 Å². The van der Waals surface area contributed by atoms with Crippen molar-refractivity contribution in [2.75, 3.05) is 6.54 Å². The van der Waals surface area contributed by atoms with Crippen molar-refractivity contribution in [3.8, 4) is 0 Å². The Hall–Kier alpha value is -1.55. The Morgan fingerprint density at radius 2 is 2.18 bits per heavy atom. The Morgan fingerprint density at radius 3 is 2.41 bits per heavy atom. The second-order valence-corrected chi connectivity index (χ2v) is 3.73. The molecule has 1 aliphatic heterocycles. The molecule has 96 valence electrons. The average Bonchev–Trinajstić information content (AvgIpc) is 2.65. The van der Waals surface area contributed by atoms with Crippen LogP contribution in [0.25, 0.3) is 0 Å². The maximum atomic E-state index is 10.3. The van der Waals surface area contributed by atoms with E-state index >= 15 is 0 Å². The van der Waals surface area contributed by atoms with Gasteiger partial charge in [0.25, 0.3) is 5.85 Å². The molecule has 1 amide bonds. The van der Waals surface area contributed by atoms with Crippen LogP contribution >= 0.6 is 0 Å². The number of primary amides is 1. The summed E-state index contributed by atoms with van der Waals surface area (Å²) in [6, 6.07) is 0. The third-order valence-electron chi connectivity index (χ3n) is 1.44. The molecule has 17 heavy (non-hydrogen) atoms. The van der Waals surface area contributed by atoms with Crippen molar-refractivity contribution in [2.45, 2.75) is 5.85 Å². The lowest BCUT2D eigenvalue weighted by Crippen LogP contribution is -2.41. The van der Waals surface area contributed by atoms with Crippen LogP contribution in [0.15, 0.2) is 30.3 Å². The maximum absolute atomic E-state index is 10.3. The Kier molecular flexibility index (Phi) is 5.68. The van der Waals surface area contributed by atoms with E-state index in [2.05, 4.69) is 33.4 Å². The van der Waals surface area contributed by atoms with Gasteiger partial charge in [0.2, 0.25) is 5.91 Å². The highest BCUT2D eigenvalue weighted by Crippen LogP contribution is 2.15. The number of hydrogen-bond donors (Lipinski definition) is 3. The topological polar surface area (TPSA) is 131 Å². The van der Waals surface area contributed by atoms with Crippen molar-refractivity contribution in [3.05, 3.63) is 25.3 Å². The van der Waals surface area contributed by atoms with Gasteiger partial charge in [-0.25, -0.2) is 4.99 Å². The molecular weight excluding hydrogens is 250 g/mol. The van der Waals surface area contributed by atoms with E-state index in [0.717, 1.165) is 12.2 Å². The molecule has 0 radical (unpaired) electrons. The number of aliphatic imine (C=N–C) groups is 1. The van der Waals surface area contributed by atoms with E-state index in [4.69, 9.17) is 4.55 Å². The Bertz CT molecular complexity index is 430. The number of nitrogens with one attached hydrogen (secondary N) is 1. The lowest BCUT2D eigenvalue weighted by molar-refractivity contribution is -0.113. The van der Waals surface area contributed by atoms with Gasteiger partial charge in [0.15, 0.2) is 0 Å². The summed E-state index contributed by atoms with van der Waals surface area (Å²) in [5, 5.41) is 2.57. The quantitative estimate of drug-likeness (QED) is 0.338. The second-order valence-electron chi connectivity index (χ2n) is 2.71. The van der Waals surface area contributed by atoms with Crippen molar-refractivity contribution in [1.82, 2.24) is 5.32 Å². The van der Waals surface area contributed by atoms with Gasteiger partial charge in [-0.3, -0.25) is 14.7 Å². The number of nitrogens with zero attached hydrogens (tertiary/aromatic N) is 1. The molecule has 1 atom stereocenters. The van der Waals surface area contributed by atoms with Gasteiger partial charge in [0.05, 0.1) is 0 Å². The highest BCUT2D eigenvalue weighted by atomic mass is 32.3. The summed E-state index contributed by atoms with van der Waals surface area (Å²) < 4.78 is 33.2. The predicted octanol–water partition coefficient (Wildman–Crippen LogP) is -1.02. The lowest BCUT2D eigenvalue weighted by Gasteiger charge is -2.19. The molecule has 1 heterocycles. The summed E-state index contributed by atoms with van der Waals surface area (Å²) >= 11 is 0. The zero-order valence-corrected chi connectivity index (χ0v) is 9.68. The van der Waals surface area contributed by atoms with Gasteiger partial charge in [-0.05, 0) is 12.2 Å². The molecule has 1 aliphatic rings. The van der Waals surface area contributed by atoms with E-state index in [0.29, 0.717) is 6.54 Å². The third kappa shape index (κ3) is 6.58. The number of hydrogen-bond acceptors (Lipinski definition) is 6. The first kappa shape index (κ1) is 15.4. The van der Waals surface area contributed by atoms with Crippen LogP contribution < -0.4 is 11.1 Å². The molecule has 4 N–H and O–H groups in total. The van der Waals surface area contributed by atoms with Gasteiger partial charge in [-0.2, -0.15) is 12.6 Å². The third-order valence-corrected chi connectivity index (χ3v) is 1.90. The fourth-order valence-corrected chi connectivity index (χ4v) is 1.28. The summed E-state index contributed by atoms with van der Waals surface area (Å²) in [6.07, 6.45) is 3.62. The minimum atomic E-state index is -4.53. The fraction of sp³-hybridized carbons (Fsp3) is 0.250. The van der Waals surface area contributed by atoms with Crippen LogP contribution in [-0.4, -0.2) is 37.5 Å². The van der Waals surface area contributed by atoms with Gasteiger partial charge in [-0.15, -0.1) is 0 Å². The summed E-state index contributed by atoms with van der Waals surface area (Å²) in [4.78, 5) is 13.1. The predicted molar refractivity (Wildman–Crippen MR) is 61.4 cm³/mol. The zero-order chi connectivity index (χ0) is 13.5. The number of rotatable bonds is 4. The molecule has 8 nitrogen and oxygen atoms in total. The molecule has 0 spiro atoms. The molecule has 1 rings (SSSR count). The SMILES string of the molecule is C=CC(N)=O.C=CC1(OS(=O)(=O)O)N=CCN1. The normalized spacial score (nSPS) is 22.4. The molecule has 0 saturated heterocycles. The Balaban J connectivity index is 0.000000437. The van der Waals surface area contributed by atoms with E-state index in [-0.39, 0.29) is 0 Å². The van der Waals surface area contributed by atoms with Crippen LogP contribution in [0, 0.1) is 0 Å². The molecule has 0 aliphatic carbocycles. The molecule has 9 heteroatoms. The first-order valence-electron chi connectivity index (χ1n) is 4.27. The van der Waals surface area contributed by atoms with E-state index in [1.165, 1.54) is 6.21 Å². The summed E-state index contributed by atoms with van der Waals surface area (Å²) in [5.41, 5.74) is 4.53. The highest BCUT2D eigenvalue weighted by molar-refractivity contribution is 7.80. The van der Waals surface area contributed by atoms with Crippen molar-refractivity contribution >= 4 is 22.5 Å². The Morgan fingerprint density at radius 1 is 1.65 bits per heavy atom. The Labute approximate surface area is 98.8 Å². The average molecular weight is 263 g/mol. The monoisotopic (exact) mass is 263 g/mol. The summed E-state index contributed by atoms with van der Waals surface area (Å²) in [5.74, 6) is -2.02. The molecular formula is C8H13N3O5S. The van der Waals surface area contributed by atoms with E-state index < -0.39 is 22.2 Å². The van der Waals surface area contributed by atoms with E-state index in [1.54, 1.807) is 0 Å². The van der Waals surface area contributed by atoms with Crippen LogP contribution in [0.2, 0.25) is 0 Å². The number of amides is 1. The molecule has 0 aromatic carbocycles. The van der Waals surface area contributed by atoms with Crippen LogP contribution in [0.1, 0.15) is 0 Å². The minimum Gasteiger partial charge on any atom is -0.366 e. The number of carbonyl (C=O) groups is 1. The molecule has 1 unspecified atom stereocenters. The molecule has 0 fully saturated rings. The number of carbonyl (C=O) groups excluding carboxylic acids is 1. The molecule has 0 aromatic heterocycles. The summed E-state index contributed by atoms with van der Waals surface area (Å²) in [7, 11) is -4.53. The number of nitrogens with two attached hydrogens (primary N) is 1. The van der Waals surface area contributed by atoms with Crippen LogP contribution in [-0.2, 0) is 19.4 Å². The van der Waals surface area contributed by atoms with Gasteiger partial charge in [0, 0.05) is 12.8 Å². The highest BCUT2D eigenvalue weighted by Gasteiger charge is 2.33. The smallest absolute Gasteiger partial charge is 0.366 e.